The molecular weight excluding hydrogens is 508 g/mol. The Labute approximate surface area is 231 Å². The monoisotopic (exact) mass is 544 g/mol. The van der Waals surface area contributed by atoms with E-state index < -0.39 is 10.0 Å². The Balaban J connectivity index is 1.04. The first-order chi connectivity index (χ1) is 18.9. The van der Waals surface area contributed by atoms with Crippen LogP contribution in [0.3, 0.4) is 0 Å². The number of piperazine rings is 1. The summed E-state index contributed by atoms with van der Waals surface area (Å²) in [6, 6.07) is 25.9. The van der Waals surface area contributed by atoms with Crippen molar-refractivity contribution in [2.75, 3.05) is 46.4 Å². The van der Waals surface area contributed by atoms with Gasteiger partial charge in [-0.05, 0) is 67.6 Å². The number of ether oxygens (including phenoxy) is 1. The summed E-state index contributed by atoms with van der Waals surface area (Å²) in [6.07, 6.45) is 1.82. The lowest BCUT2D eigenvalue weighted by molar-refractivity contribution is 0.159. The number of benzene rings is 3. The van der Waals surface area contributed by atoms with Crippen molar-refractivity contribution in [1.29, 1.82) is 0 Å². The van der Waals surface area contributed by atoms with Crippen LogP contribution in [0.2, 0.25) is 0 Å². The van der Waals surface area contributed by atoms with Crippen molar-refractivity contribution >= 4 is 20.9 Å². The molecule has 0 aliphatic carbocycles. The summed E-state index contributed by atoms with van der Waals surface area (Å²) >= 11 is 0. The van der Waals surface area contributed by atoms with Gasteiger partial charge in [0.25, 0.3) is 0 Å². The first-order valence-corrected chi connectivity index (χ1v) is 14.8. The fourth-order valence-corrected chi connectivity index (χ4v) is 6.36. The summed E-state index contributed by atoms with van der Waals surface area (Å²) < 4.78 is 33.4. The van der Waals surface area contributed by atoms with Crippen molar-refractivity contribution < 1.29 is 13.2 Å². The Bertz CT molecular complexity index is 1480. The number of aryl methyl sites for hydroxylation is 1. The Kier molecular flexibility index (Phi) is 8.57. The maximum absolute atomic E-state index is 12.9. The highest BCUT2D eigenvalue weighted by molar-refractivity contribution is 7.89. The topological polar surface area (TPSA) is 66.0 Å². The van der Waals surface area contributed by atoms with E-state index >= 15 is 0 Å². The van der Waals surface area contributed by atoms with Gasteiger partial charge in [-0.25, -0.2) is 8.42 Å². The SMILES string of the molecule is Cc1ccc(S(=O)(=O)N2CCN(CCOc3ccc(CN(C)Cc4ccc5ncccc5c4)cc3)CC2)cc1. The quantitative estimate of drug-likeness (QED) is 0.292. The third-order valence-electron chi connectivity index (χ3n) is 7.16. The summed E-state index contributed by atoms with van der Waals surface area (Å²) in [7, 11) is -1.31. The number of hydrogen-bond donors (Lipinski definition) is 0. The minimum Gasteiger partial charge on any atom is -0.492 e. The molecule has 1 fully saturated rings. The van der Waals surface area contributed by atoms with Crippen molar-refractivity contribution in [1.82, 2.24) is 19.1 Å². The van der Waals surface area contributed by atoms with E-state index in [1.54, 1.807) is 16.4 Å². The molecule has 4 aromatic rings. The van der Waals surface area contributed by atoms with Gasteiger partial charge in [0.15, 0.2) is 0 Å². The van der Waals surface area contributed by atoms with Crippen molar-refractivity contribution in [3.8, 4) is 5.75 Å². The molecule has 2 heterocycles. The van der Waals surface area contributed by atoms with Gasteiger partial charge in [0, 0.05) is 57.4 Å². The van der Waals surface area contributed by atoms with Gasteiger partial charge in [-0.3, -0.25) is 14.8 Å². The number of fused-ring (bicyclic) bond motifs is 1. The van der Waals surface area contributed by atoms with Gasteiger partial charge in [0.05, 0.1) is 10.4 Å². The van der Waals surface area contributed by atoms with Gasteiger partial charge in [0.1, 0.15) is 12.4 Å². The lowest BCUT2D eigenvalue weighted by Crippen LogP contribution is -2.49. The van der Waals surface area contributed by atoms with Crippen molar-refractivity contribution in [3.05, 3.63) is 102 Å². The highest BCUT2D eigenvalue weighted by atomic mass is 32.2. The third kappa shape index (κ3) is 7.02. The lowest BCUT2D eigenvalue weighted by atomic mass is 10.1. The number of aromatic nitrogens is 1. The maximum atomic E-state index is 12.9. The fourth-order valence-electron chi connectivity index (χ4n) is 4.94. The smallest absolute Gasteiger partial charge is 0.243 e. The fraction of sp³-hybridized carbons (Fsp3) is 0.323. The van der Waals surface area contributed by atoms with Crippen molar-refractivity contribution in [3.63, 3.8) is 0 Å². The molecule has 0 amide bonds. The number of sulfonamides is 1. The van der Waals surface area contributed by atoms with Crippen molar-refractivity contribution in [2.45, 2.75) is 24.9 Å². The van der Waals surface area contributed by atoms with Gasteiger partial charge in [-0.2, -0.15) is 4.31 Å². The predicted octanol–water partition coefficient (Wildman–Crippen LogP) is 4.56. The second kappa shape index (κ2) is 12.3. The van der Waals surface area contributed by atoms with Gasteiger partial charge in [-0.1, -0.05) is 42.0 Å². The van der Waals surface area contributed by atoms with Crippen LogP contribution >= 0.6 is 0 Å². The first-order valence-electron chi connectivity index (χ1n) is 13.4. The minimum atomic E-state index is -3.44. The molecular formula is C31H36N4O3S. The molecule has 0 N–H and O–H groups in total. The summed E-state index contributed by atoms with van der Waals surface area (Å²) in [5.41, 5.74) is 4.58. The van der Waals surface area contributed by atoms with Crippen LogP contribution in [0, 0.1) is 6.92 Å². The van der Waals surface area contributed by atoms with Gasteiger partial charge in [0.2, 0.25) is 10.0 Å². The van der Waals surface area contributed by atoms with Gasteiger partial charge >= 0.3 is 0 Å². The second-order valence-electron chi connectivity index (χ2n) is 10.3. The molecule has 3 aromatic carbocycles. The van der Waals surface area contributed by atoms with E-state index in [0.717, 1.165) is 36.5 Å². The van der Waals surface area contributed by atoms with Crippen LogP contribution < -0.4 is 4.74 Å². The molecule has 0 spiro atoms. The molecule has 0 saturated carbocycles. The van der Waals surface area contributed by atoms with E-state index in [1.165, 1.54) is 16.5 Å². The first kappa shape index (κ1) is 27.3. The lowest BCUT2D eigenvalue weighted by Gasteiger charge is -2.33. The molecule has 0 radical (unpaired) electrons. The maximum Gasteiger partial charge on any atom is 0.243 e. The van der Waals surface area contributed by atoms with Crippen LogP contribution in [-0.2, 0) is 23.1 Å². The third-order valence-corrected chi connectivity index (χ3v) is 9.07. The average Bonchev–Trinajstić information content (AvgIpc) is 2.94. The van der Waals surface area contributed by atoms with Gasteiger partial charge < -0.3 is 4.74 Å². The Morgan fingerprint density at radius 3 is 2.31 bits per heavy atom. The number of hydrogen-bond acceptors (Lipinski definition) is 6. The highest BCUT2D eigenvalue weighted by Crippen LogP contribution is 2.19. The Morgan fingerprint density at radius 2 is 1.56 bits per heavy atom. The Morgan fingerprint density at radius 1 is 0.872 bits per heavy atom. The van der Waals surface area contributed by atoms with E-state index in [-0.39, 0.29) is 0 Å². The van der Waals surface area contributed by atoms with Crippen LogP contribution in [0.15, 0.2) is 90.0 Å². The van der Waals surface area contributed by atoms with E-state index in [0.29, 0.717) is 37.7 Å². The normalized spacial score (nSPS) is 15.2. The predicted molar refractivity (Wildman–Crippen MR) is 155 cm³/mol. The number of rotatable bonds is 10. The molecule has 1 saturated heterocycles. The highest BCUT2D eigenvalue weighted by Gasteiger charge is 2.28. The molecule has 7 nitrogen and oxygen atoms in total. The molecule has 1 aromatic heterocycles. The van der Waals surface area contributed by atoms with Crippen LogP contribution in [0.4, 0.5) is 0 Å². The standard InChI is InChI=1S/C31H36N4O3S/c1-25-5-12-30(13-6-25)39(36,37)35-18-16-34(17-19-35)20-21-38-29-10-7-26(8-11-29)23-33(2)24-27-9-14-31-28(22-27)4-3-15-32-31/h3-15,22H,16-21,23-24H2,1-2H3. The molecule has 0 bridgehead atoms. The van der Waals surface area contributed by atoms with Gasteiger partial charge in [-0.15, -0.1) is 0 Å². The van der Waals surface area contributed by atoms with E-state index in [9.17, 15) is 8.42 Å². The zero-order chi connectivity index (χ0) is 27.2. The van der Waals surface area contributed by atoms with Crippen LogP contribution in [-0.4, -0.2) is 73.9 Å². The largest absolute Gasteiger partial charge is 0.492 e. The molecule has 5 rings (SSSR count). The molecule has 0 atom stereocenters. The summed E-state index contributed by atoms with van der Waals surface area (Å²) in [6.45, 7) is 7.40. The molecule has 1 aliphatic heterocycles. The number of nitrogens with zero attached hydrogens (tertiary/aromatic N) is 4. The van der Waals surface area contributed by atoms with E-state index in [4.69, 9.17) is 4.74 Å². The summed E-state index contributed by atoms with van der Waals surface area (Å²) in [5, 5.41) is 1.17. The second-order valence-corrected chi connectivity index (χ2v) is 12.2. The van der Waals surface area contributed by atoms with E-state index in [1.807, 2.05) is 43.5 Å². The van der Waals surface area contributed by atoms with Crippen LogP contribution in [0.25, 0.3) is 10.9 Å². The molecule has 39 heavy (non-hydrogen) atoms. The minimum absolute atomic E-state index is 0.366. The zero-order valence-corrected chi connectivity index (χ0v) is 23.5. The average molecular weight is 545 g/mol. The van der Waals surface area contributed by atoms with Crippen molar-refractivity contribution in [2.24, 2.45) is 0 Å². The van der Waals surface area contributed by atoms with Crippen LogP contribution in [0.5, 0.6) is 5.75 Å². The van der Waals surface area contributed by atoms with E-state index in [2.05, 4.69) is 58.2 Å². The molecule has 8 heteroatoms. The molecule has 1 aliphatic rings. The molecule has 204 valence electrons. The zero-order valence-electron chi connectivity index (χ0n) is 22.7. The summed E-state index contributed by atoms with van der Waals surface area (Å²) in [5.74, 6) is 0.851. The van der Waals surface area contributed by atoms with Crippen LogP contribution in [0.1, 0.15) is 16.7 Å². The Hall–Kier alpha value is -3.30. The summed E-state index contributed by atoms with van der Waals surface area (Å²) in [4.78, 5) is 9.32. The number of pyridine rings is 1. The molecule has 0 unspecified atom stereocenters.